The molecule has 260 valence electrons. The fourth-order valence-corrected chi connectivity index (χ4v) is 8.20. The second-order valence-corrected chi connectivity index (χ2v) is 14.7. The summed E-state index contributed by atoms with van der Waals surface area (Å²) < 4.78 is 14.4. The van der Waals surface area contributed by atoms with Crippen molar-refractivity contribution in [3.8, 4) is 11.5 Å². The minimum atomic E-state index is -1.06. The molecule has 0 radical (unpaired) electrons. The van der Waals surface area contributed by atoms with Crippen LogP contribution in [0.3, 0.4) is 0 Å². The number of thioether (sulfide) groups is 1. The molecule has 0 aliphatic carbocycles. The van der Waals surface area contributed by atoms with E-state index in [0.29, 0.717) is 61.8 Å². The first kappa shape index (κ1) is 35.7. The summed E-state index contributed by atoms with van der Waals surface area (Å²) in [5, 5.41) is 21.8. The van der Waals surface area contributed by atoms with Gasteiger partial charge in [-0.05, 0) is 74.2 Å². The van der Waals surface area contributed by atoms with Gasteiger partial charge in [0.2, 0.25) is 5.13 Å². The molecular formula is C36H35Cl2N5O5S2. The molecule has 0 bridgehead atoms. The second-order valence-electron chi connectivity index (χ2n) is 11.7. The number of aliphatic hydroxyl groups excluding tert-OH is 1. The highest BCUT2D eigenvalue weighted by atomic mass is 35.5. The Balaban J connectivity index is 1.44. The molecule has 50 heavy (non-hydrogen) atoms. The van der Waals surface area contributed by atoms with Crippen molar-refractivity contribution in [1.82, 2.24) is 19.6 Å². The van der Waals surface area contributed by atoms with Gasteiger partial charge in [0, 0.05) is 22.0 Å². The van der Waals surface area contributed by atoms with Crippen molar-refractivity contribution in [2.24, 2.45) is 0 Å². The van der Waals surface area contributed by atoms with Crippen LogP contribution in [0.1, 0.15) is 67.2 Å². The SMILES string of the molecule is CCCCCOc1ccc(C2/C(=C(\O)c3nc4c(C)cccn4c3C)C(=O)C(=O)N2c2nnc(SCc3ccc(Cl)cc3Cl)s2)cc1OCC. The second kappa shape index (κ2) is 15.4. The number of pyridine rings is 1. The van der Waals surface area contributed by atoms with E-state index < -0.39 is 17.7 Å². The van der Waals surface area contributed by atoms with Gasteiger partial charge in [-0.3, -0.25) is 14.5 Å². The van der Waals surface area contributed by atoms with Gasteiger partial charge in [-0.15, -0.1) is 10.2 Å². The monoisotopic (exact) mass is 751 g/mol. The number of fused-ring (bicyclic) bond motifs is 1. The molecule has 0 saturated carbocycles. The maximum absolute atomic E-state index is 14.0. The molecule has 14 heteroatoms. The predicted octanol–water partition coefficient (Wildman–Crippen LogP) is 9.00. The first-order valence-corrected chi connectivity index (χ1v) is 18.7. The smallest absolute Gasteiger partial charge is 0.301 e. The number of anilines is 1. The summed E-state index contributed by atoms with van der Waals surface area (Å²) in [4.78, 5) is 33.9. The van der Waals surface area contributed by atoms with Gasteiger partial charge in [0.1, 0.15) is 11.3 Å². The molecule has 2 aromatic carbocycles. The molecule has 1 N–H and O–H groups in total. The number of ether oxygens (including phenoxy) is 2. The van der Waals surface area contributed by atoms with E-state index in [4.69, 9.17) is 37.7 Å². The lowest BCUT2D eigenvalue weighted by Gasteiger charge is -2.23. The lowest BCUT2D eigenvalue weighted by Crippen LogP contribution is -2.29. The minimum Gasteiger partial charge on any atom is -0.505 e. The lowest BCUT2D eigenvalue weighted by molar-refractivity contribution is -0.132. The molecule has 1 amide bonds. The number of Topliss-reactive ketones (excluding diaryl/α,β-unsaturated/α-hetero) is 1. The number of amides is 1. The van der Waals surface area contributed by atoms with E-state index in [1.54, 1.807) is 37.3 Å². The van der Waals surface area contributed by atoms with E-state index in [9.17, 15) is 14.7 Å². The third kappa shape index (κ3) is 7.07. The number of carbonyl (C=O) groups excluding carboxylic acids is 2. The molecule has 1 fully saturated rings. The molecule has 3 aromatic heterocycles. The molecule has 1 aliphatic rings. The molecule has 1 aliphatic heterocycles. The van der Waals surface area contributed by atoms with Crippen LogP contribution in [0.5, 0.6) is 11.5 Å². The zero-order valence-electron chi connectivity index (χ0n) is 27.9. The normalized spacial score (nSPS) is 15.7. The number of ketones is 1. The third-order valence-electron chi connectivity index (χ3n) is 8.31. The van der Waals surface area contributed by atoms with Crippen LogP contribution in [0.15, 0.2) is 64.6 Å². The summed E-state index contributed by atoms with van der Waals surface area (Å²) in [6.45, 7) is 8.59. The Morgan fingerprint density at radius 1 is 1.02 bits per heavy atom. The number of unbranched alkanes of at least 4 members (excludes halogenated alkanes) is 2. The Kier molecular flexibility index (Phi) is 11.0. The number of carbonyl (C=O) groups is 2. The predicted molar refractivity (Wildman–Crippen MR) is 198 cm³/mol. The summed E-state index contributed by atoms with van der Waals surface area (Å²) in [5.74, 6) is -0.607. The van der Waals surface area contributed by atoms with E-state index in [1.165, 1.54) is 16.7 Å². The van der Waals surface area contributed by atoms with Gasteiger partial charge < -0.3 is 19.0 Å². The first-order chi connectivity index (χ1) is 24.1. The number of benzene rings is 2. The van der Waals surface area contributed by atoms with Crippen LogP contribution in [-0.4, -0.2) is 49.6 Å². The highest BCUT2D eigenvalue weighted by Crippen LogP contribution is 2.46. The van der Waals surface area contributed by atoms with Crippen LogP contribution in [-0.2, 0) is 15.3 Å². The summed E-state index contributed by atoms with van der Waals surface area (Å²) in [7, 11) is 0. The highest BCUT2D eigenvalue weighted by molar-refractivity contribution is 8.00. The van der Waals surface area contributed by atoms with Crippen molar-refractivity contribution in [1.29, 1.82) is 0 Å². The van der Waals surface area contributed by atoms with Crippen LogP contribution in [0.4, 0.5) is 5.13 Å². The third-order valence-corrected chi connectivity index (χ3v) is 11.0. The molecule has 5 aromatic rings. The van der Waals surface area contributed by atoms with Gasteiger partial charge in [0.25, 0.3) is 5.78 Å². The quantitative estimate of drug-likeness (QED) is 0.0314. The molecule has 1 unspecified atom stereocenters. The number of aromatic nitrogens is 4. The van der Waals surface area contributed by atoms with Gasteiger partial charge in [-0.25, -0.2) is 4.98 Å². The maximum atomic E-state index is 14.0. The average Bonchev–Trinajstić information content (AvgIpc) is 3.78. The Hall–Kier alpha value is -4.10. The van der Waals surface area contributed by atoms with Crippen molar-refractivity contribution in [3.63, 3.8) is 0 Å². The van der Waals surface area contributed by atoms with Crippen molar-refractivity contribution < 1.29 is 24.2 Å². The number of aryl methyl sites for hydroxylation is 2. The lowest BCUT2D eigenvalue weighted by atomic mass is 9.96. The molecule has 6 rings (SSSR count). The van der Waals surface area contributed by atoms with E-state index in [-0.39, 0.29) is 22.2 Å². The van der Waals surface area contributed by atoms with Crippen LogP contribution >= 0.6 is 46.3 Å². The maximum Gasteiger partial charge on any atom is 0.301 e. The van der Waals surface area contributed by atoms with Gasteiger partial charge in [0.15, 0.2) is 21.6 Å². The number of halogens is 2. The van der Waals surface area contributed by atoms with Crippen molar-refractivity contribution >= 4 is 74.5 Å². The summed E-state index contributed by atoms with van der Waals surface area (Å²) in [6, 6.07) is 13.3. The topological polar surface area (TPSA) is 119 Å². The summed E-state index contributed by atoms with van der Waals surface area (Å²) >= 11 is 15.0. The molecule has 0 spiro atoms. The van der Waals surface area contributed by atoms with Crippen molar-refractivity contribution in [2.45, 2.75) is 63.1 Å². The average molecular weight is 753 g/mol. The number of aliphatic hydroxyl groups is 1. The van der Waals surface area contributed by atoms with Crippen LogP contribution in [0, 0.1) is 13.8 Å². The summed E-state index contributed by atoms with van der Waals surface area (Å²) in [6.07, 6.45) is 4.82. The zero-order chi connectivity index (χ0) is 35.5. The fraction of sp³-hybridized carbons (Fsp3) is 0.306. The Morgan fingerprint density at radius 2 is 1.84 bits per heavy atom. The molecular weight excluding hydrogens is 717 g/mol. The van der Waals surface area contributed by atoms with Gasteiger partial charge in [-0.2, -0.15) is 0 Å². The van der Waals surface area contributed by atoms with E-state index in [1.807, 2.05) is 42.6 Å². The largest absolute Gasteiger partial charge is 0.505 e. The Bertz CT molecular complexity index is 2110. The van der Waals surface area contributed by atoms with Crippen LogP contribution in [0.25, 0.3) is 11.4 Å². The van der Waals surface area contributed by atoms with E-state index >= 15 is 0 Å². The van der Waals surface area contributed by atoms with Crippen LogP contribution < -0.4 is 14.4 Å². The van der Waals surface area contributed by atoms with Gasteiger partial charge in [0.05, 0.1) is 30.5 Å². The fourth-order valence-electron chi connectivity index (χ4n) is 5.77. The molecule has 4 heterocycles. The number of nitrogens with zero attached hydrogens (tertiary/aromatic N) is 5. The first-order valence-electron chi connectivity index (χ1n) is 16.2. The standard InChI is InChI=1S/C36H35Cl2N5O5S2/c1-5-7-8-16-48-26-14-12-22(17-27(26)47-6-2)30-28(31(44)29-21(4)42-15-9-10-20(3)33(42)39-29)32(45)34(46)43(30)35-40-41-36(50-35)49-19-23-11-13-24(37)18-25(23)38/h9-15,17-18,30,44H,5-8,16,19H2,1-4H3/b31-28+. The van der Waals surface area contributed by atoms with Crippen molar-refractivity contribution in [2.75, 3.05) is 18.1 Å². The van der Waals surface area contributed by atoms with Gasteiger partial charge in [-0.1, -0.05) is 84.3 Å². The number of imidazole rings is 1. The Labute approximate surface area is 308 Å². The number of hydrogen-bond donors (Lipinski definition) is 1. The zero-order valence-corrected chi connectivity index (χ0v) is 31.0. The molecule has 1 atom stereocenters. The van der Waals surface area contributed by atoms with Crippen LogP contribution in [0.2, 0.25) is 10.0 Å². The highest BCUT2D eigenvalue weighted by Gasteiger charge is 2.49. The van der Waals surface area contributed by atoms with Crippen molar-refractivity contribution in [3.05, 3.63) is 98.4 Å². The van der Waals surface area contributed by atoms with E-state index in [0.717, 1.165) is 41.7 Å². The summed E-state index contributed by atoms with van der Waals surface area (Å²) in [5.41, 5.74) is 3.61. The number of hydrogen-bond acceptors (Lipinski definition) is 10. The Morgan fingerprint density at radius 3 is 2.58 bits per heavy atom. The van der Waals surface area contributed by atoms with Gasteiger partial charge >= 0.3 is 5.91 Å². The minimum absolute atomic E-state index is 0.115. The molecule has 1 saturated heterocycles. The number of rotatable bonds is 13. The molecule has 10 nitrogen and oxygen atoms in total. The van der Waals surface area contributed by atoms with E-state index in [2.05, 4.69) is 17.1 Å².